The Bertz CT molecular complexity index is 3100. The first-order valence-corrected chi connectivity index (χ1v) is 30.4. The van der Waals surface area contributed by atoms with Gasteiger partial charge < -0.3 is 9.80 Å². The van der Waals surface area contributed by atoms with Gasteiger partial charge in [0, 0.05) is 57.6 Å². The van der Waals surface area contributed by atoms with Gasteiger partial charge in [-0.3, -0.25) is 0 Å². The van der Waals surface area contributed by atoms with Gasteiger partial charge in [-0.15, -0.1) is 6.58 Å². The average Bonchev–Trinajstić information content (AvgIpc) is 4.17. The predicted molar refractivity (Wildman–Crippen MR) is 329 cm³/mol. The highest BCUT2D eigenvalue weighted by Crippen LogP contribution is 2.61. The molecule has 1 heterocycles. The molecule has 0 amide bonds. The molecule has 1 aliphatic heterocycles. The van der Waals surface area contributed by atoms with E-state index in [1.54, 1.807) is 11.1 Å². The van der Waals surface area contributed by atoms with Crippen LogP contribution in [0.25, 0.3) is 0 Å². The summed E-state index contributed by atoms with van der Waals surface area (Å²) >= 11 is 0. The van der Waals surface area contributed by atoms with E-state index in [2.05, 4.69) is 233 Å². The van der Waals surface area contributed by atoms with Crippen molar-refractivity contribution in [1.82, 2.24) is 0 Å². The number of allylic oxidation sites excluding steroid dienone is 28. The van der Waals surface area contributed by atoms with E-state index in [-0.39, 0.29) is 10.8 Å². The molecule has 77 heavy (non-hydrogen) atoms. The zero-order valence-corrected chi connectivity index (χ0v) is 47.2. The van der Waals surface area contributed by atoms with E-state index < -0.39 is 0 Å². The van der Waals surface area contributed by atoms with Crippen LogP contribution in [0.2, 0.25) is 0 Å². The fourth-order valence-electron chi connectivity index (χ4n) is 15.2. The second-order valence-corrected chi connectivity index (χ2v) is 25.6. The maximum Gasteiger partial charge on any atom is 0.0556 e. The van der Waals surface area contributed by atoms with Crippen molar-refractivity contribution in [2.45, 2.75) is 160 Å². The van der Waals surface area contributed by atoms with Gasteiger partial charge in [-0.1, -0.05) is 212 Å². The van der Waals surface area contributed by atoms with Crippen molar-refractivity contribution in [2.75, 3.05) is 9.80 Å². The summed E-state index contributed by atoms with van der Waals surface area (Å²) in [5.41, 5.74) is 19.2. The molecule has 10 unspecified atom stereocenters. The van der Waals surface area contributed by atoms with Gasteiger partial charge in [-0.25, -0.2) is 0 Å². The number of benzene rings is 2. The second kappa shape index (κ2) is 22.0. The van der Waals surface area contributed by atoms with E-state index in [0.29, 0.717) is 47.5 Å². The zero-order valence-electron chi connectivity index (χ0n) is 47.2. The molecule has 10 aliphatic rings. The molecular formula is C75H86N2. The number of nitrogens with zero attached hydrogens (tertiary/aromatic N) is 2. The van der Waals surface area contributed by atoms with Gasteiger partial charge in [-0.05, 0) is 175 Å². The van der Waals surface area contributed by atoms with Crippen LogP contribution in [0.5, 0.6) is 0 Å². The van der Waals surface area contributed by atoms with Crippen molar-refractivity contribution in [3.8, 4) is 0 Å². The third-order valence-corrected chi connectivity index (χ3v) is 20.0. The van der Waals surface area contributed by atoms with Crippen LogP contribution in [0.3, 0.4) is 0 Å². The summed E-state index contributed by atoms with van der Waals surface area (Å²) in [7, 11) is 0. The Labute approximate surface area is 464 Å². The Morgan fingerprint density at radius 2 is 1.66 bits per heavy atom. The van der Waals surface area contributed by atoms with Crippen molar-refractivity contribution in [3.63, 3.8) is 0 Å². The average molecular weight is 1020 g/mol. The fraction of sp³-hybridized carbons (Fsp3) is 0.413. The molecule has 2 nitrogen and oxygen atoms in total. The molecule has 0 saturated heterocycles. The van der Waals surface area contributed by atoms with Crippen LogP contribution in [-0.2, 0) is 5.41 Å². The van der Waals surface area contributed by atoms with Crippen LogP contribution < -0.4 is 9.80 Å². The number of anilines is 2. The third kappa shape index (κ3) is 9.95. The quantitative estimate of drug-likeness (QED) is 0.130. The largest absolute Gasteiger partial charge is 0.337 e. The highest BCUT2D eigenvalue weighted by molar-refractivity contribution is 5.72. The van der Waals surface area contributed by atoms with E-state index >= 15 is 0 Å². The van der Waals surface area contributed by atoms with Crippen molar-refractivity contribution < 1.29 is 0 Å². The molecule has 2 aromatic rings. The first-order chi connectivity index (χ1) is 37.6. The summed E-state index contributed by atoms with van der Waals surface area (Å²) in [4.78, 5) is 5.37. The molecule has 0 bridgehead atoms. The van der Waals surface area contributed by atoms with Crippen LogP contribution in [0, 0.1) is 35.0 Å². The van der Waals surface area contributed by atoms with Crippen LogP contribution >= 0.6 is 0 Å². The van der Waals surface area contributed by atoms with Crippen molar-refractivity contribution in [1.29, 1.82) is 0 Å². The summed E-state index contributed by atoms with van der Waals surface area (Å²) in [6.07, 6.45) is 75.6. The molecule has 0 spiro atoms. The normalized spacial score (nSPS) is 30.0. The van der Waals surface area contributed by atoms with Crippen LogP contribution in [-0.4, -0.2) is 6.04 Å². The van der Waals surface area contributed by atoms with Gasteiger partial charge in [0.1, 0.15) is 0 Å². The van der Waals surface area contributed by atoms with E-state index in [9.17, 15) is 0 Å². The van der Waals surface area contributed by atoms with E-state index in [0.717, 1.165) is 70.1 Å². The first-order valence-electron chi connectivity index (χ1n) is 30.4. The number of hydrogen-bond acceptors (Lipinski definition) is 2. The highest BCUT2D eigenvalue weighted by Gasteiger charge is 2.52. The molecule has 0 saturated carbocycles. The van der Waals surface area contributed by atoms with Gasteiger partial charge in [0.05, 0.1) is 6.04 Å². The lowest BCUT2D eigenvalue weighted by atomic mass is 9.63. The third-order valence-electron chi connectivity index (χ3n) is 20.0. The number of hydrogen-bond donors (Lipinski definition) is 0. The van der Waals surface area contributed by atoms with Gasteiger partial charge in [0.2, 0.25) is 0 Å². The maximum absolute atomic E-state index is 4.09. The summed E-state index contributed by atoms with van der Waals surface area (Å²) in [6, 6.07) is 15.6. The van der Waals surface area contributed by atoms with Gasteiger partial charge in [0.15, 0.2) is 0 Å². The summed E-state index contributed by atoms with van der Waals surface area (Å²) in [5.74, 6) is 3.88. The standard InChI is InChI=1S/C75H86N2/c1-7-52(3)19-17-18-48-75(61-20-11-9-12-21-61)70-25-16-15-24-66(70)67-45-44-65(51-71(67)75)76(63-40-32-55(33-41-63)54-30-38-60(39-31-54)74(4,5)6)64-42-34-57(35-43-64)59-37-47-73-69(50-59)68-49-58(56-28-26-53(8-2)27-29-56)36-46-72(68)77(73)62-22-13-10-14-23-62/h8,10-11,13-16,20-22,24-26,28-32,34,37-38,40,42-47,50-53,57-58,60,62,66,68,70H,2,7,9,12,17-19,23,27,33,35-36,39,41,48-49H2,1,3-6H3. The number of rotatable bonds is 15. The minimum Gasteiger partial charge on any atom is -0.337 e. The number of unbranched alkanes of at least 4 members (excludes halogenated alkanes) is 1. The van der Waals surface area contributed by atoms with Crippen molar-refractivity contribution in [3.05, 3.63) is 250 Å². The Hall–Kier alpha value is -6.12. The smallest absolute Gasteiger partial charge is 0.0556 e. The molecule has 9 aliphatic carbocycles. The summed E-state index contributed by atoms with van der Waals surface area (Å²) in [6.45, 7) is 16.0. The van der Waals surface area contributed by atoms with E-state index in [1.165, 1.54) is 94.0 Å². The van der Waals surface area contributed by atoms with Crippen LogP contribution in [0.15, 0.2) is 228 Å². The molecular weight excluding hydrogens is 929 g/mol. The maximum atomic E-state index is 4.09. The Kier molecular flexibility index (Phi) is 14.7. The molecule has 0 fully saturated rings. The topological polar surface area (TPSA) is 6.48 Å². The molecule has 12 rings (SSSR count). The lowest BCUT2D eigenvalue weighted by molar-refractivity contribution is 0.293. The SMILES string of the molecule is C=CC1C=CC(C2CC=C3C(C2)c2cc(C4C=CC(N(C5=CC=C(C6=CCC(C(C)(C)C)C=C6)CC5)c5ccc6c(c5)C(CCCCC(C)CC)(C5=CCCC=C5)C5C=CC=CC65)=CC4)ccc2N3C2C=CC=CC2)=CC1. The minimum absolute atomic E-state index is 0.0605. The van der Waals surface area contributed by atoms with Crippen molar-refractivity contribution in [2.24, 2.45) is 35.0 Å². The molecule has 2 heteroatoms. The molecule has 0 radical (unpaired) electrons. The van der Waals surface area contributed by atoms with E-state index in [4.69, 9.17) is 0 Å². The Morgan fingerprint density at radius 3 is 2.39 bits per heavy atom. The molecule has 2 aromatic carbocycles. The zero-order chi connectivity index (χ0) is 52.7. The molecule has 0 N–H and O–H groups in total. The van der Waals surface area contributed by atoms with Crippen molar-refractivity contribution >= 4 is 11.4 Å². The van der Waals surface area contributed by atoms with Gasteiger partial charge >= 0.3 is 0 Å². The van der Waals surface area contributed by atoms with Gasteiger partial charge in [-0.2, -0.15) is 0 Å². The van der Waals surface area contributed by atoms with Gasteiger partial charge in [0.25, 0.3) is 0 Å². The summed E-state index contributed by atoms with van der Waals surface area (Å²) < 4.78 is 0. The lowest BCUT2D eigenvalue weighted by Crippen LogP contribution is -2.35. The first kappa shape index (κ1) is 51.6. The van der Waals surface area contributed by atoms with Crippen LogP contribution in [0.4, 0.5) is 11.4 Å². The second-order valence-electron chi connectivity index (χ2n) is 25.6. The summed E-state index contributed by atoms with van der Waals surface area (Å²) in [5, 5.41) is 0. The van der Waals surface area contributed by atoms with Crippen LogP contribution in [0.1, 0.15) is 171 Å². The highest BCUT2D eigenvalue weighted by atomic mass is 15.2. The molecule has 0 aromatic heterocycles. The molecule has 396 valence electrons. The minimum atomic E-state index is -0.0605. The Balaban J connectivity index is 0.894. The fourth-order valence-corrected chi connectivity index (χ4v) is 15.2. The monoisotopic (exact) mass is 1010 g/mol. The molecule has 10 atom stereocenters. The lowest BCUT2D eigenvalue weighted by Gasteiger charge is -2.40. The van der Waals surface area contributed by atoms with E-state index in [1.807, 2.05) is 0 Å². The Morgan fingerprint density at radius 1 is 0.766 bits per heavy atom. The predicted octanol–water partition coefficient (Wildman–Crippen LogP) is 20.0. The number of fused-ring (bicyclic) bond motifs is 6.